The number of aromatic amines is 1. The van der Waals surface area contributed by atoms with E-state index in [1.54, 1.807) is 18.2 Å². The molecule has 1 amide bonds. The Morgan fingerprint density at radius 1 is 1.17 bits per heavy atom. The number of anilines is 1. The molecule has 0 fully saturated rings. The van der Waals surface area contributed by atoms with Gasteiger partial charge in [0.2, 0.25) is 5.91 Å². The molecule has 3 aromatic rings. The molecule has 0 aliphatic rings. The van der Waals surface area contributed by atoms with Crippen molar-refractivity contribution < 1.29 is 18.0 Å². The summed E-state index contributed by atoms with van der Waals surface area (Å²) in [6, 6.07) is 8.40. The van der Waals surface area contributed by atoms with Crippen molar-refractivity contribution in [3.63, 3.8) is 0 Å². The van der Waals surface area contributed by atoms with E-state index in [2.05, 4.69) is 10.3 Å². The molecular weight excluding hydrogens is 306 g/mol. The second-order valence-corrected chi connectivity index (χ2v) is 4.99. The molecule has 0 saturated carbocycles. The number of para-hydroxylation sites is 1. The Morgan fingerprint density at radius 2 is 1.91 bits per heavy atom. The Balaban J connectivity index is 1.67. The number of carbonyl (C=O) groups excluding carboxylic acids is 1. The first kappa shape index (κ1) is 15.0. The van der Waals surface area contributed by atoms with Gasteiger partial charge in [-0.25, -0.2) is 13.6 Å². The summed E-state index contributed by atoms with van der Waals surface area (Å²) in [5, 5.41) is 2.22. The number of carbonyl (C=O) groups is 1. The van der Waals surface area contributed by atoms with E-state index in [9.17, 15) is 18.4 Å². The third kappa shape index (κ3) is 3.28. The molecule has 118 valence electrons. The topological polar surface area (TPSA) is 75.1 Å². The monoisotopic (exact) mass is 318 g/mol. The predicted octanol–water partition coefficient (Wildman–Crippen LogP) is 2.97. The highest BCUT2D eigenvalue weighted by molar-refractivity contribution is 5.91. The van der Waals surface area contributed by atoms with Crippen molar-refractivity contribution >= 4 is 22.7 Å². The van der Waals surface area contributed by atoms with Gasteiger partial charge in [-0.2, -0.15) is 0 Å². The van der Waals surface area contributed by atoms with E-state index in [1.807, 2.05) is 0 Å². The number of amides is 1. The van der Waals surface area contributed by atoms with E-state index in [4.69, 9.17) is 4.42 Å². The Labute approximate surface area is 128 Å². The summed E-state index contributed by atoms with van der Waals surface area (Å²) in [4.78, 5) is 25.4. The second-order valence-electron chi connectivity index (χ2n) is 4.99. The predicted molar refractivity (Wildman–Crippen MR) is 80.1 cm³/mol. The van der Waals surface area contributed by atoms with Crippen LogP contribution in [-0.2, 0) is 11.2 Å². The average molecular weight is 318 g/mol. The van der Waals surface area contributed by atoms with Crippen LogP contribution in [0.3, 0.4) is 0 Å². The molecule has 0 saturated heterocycles. The normalized spacial score (nSPS) is 10.9. The van der Waals surface area contributed by atoms with Crippen molar-refractivity contribution in [3.05, 3.63) is 64.1 Å². The molecule has 0 aliphatic heterocycles. The number of nitrogens with one attached hydrogen (secondary N) is 2. The van der Waals surface area contributed by atoms with Crippen molar-refractivity contribution in [2.75, 3.05) is 5.32 Å². The van der Waals surface area contributed by atoms with Crippen LogP contribution in [0.25, 0.3) is 11.1 Å². The molecule has 3 rings (SSSR count). The Morgan fingerprint density at radius 3 is 2.65 bits per heavy atom. The molecule has 7 heteroatoms. The summed E-state index contributed by atoms with van der Waals surface area (Å²) < 4.78 is 31.8. The van der Waals surface area contributed by atoms with Crippen LogP contribution in [0.4, 0.5) is 14.5 Å². The molecule has 23 heavy (non-hydrogen) atoms. The summed E-state index contributed by atoms with van der Waals surface area (Å²) in [7, 11) is 0. The third-order valence-corrected chi connectivity index (χ3v) is 3.35. The lowest BCUT2D eigenvalue weighted by atomic mass is 10.1. The molecule has 1 heterocycles. The number of rotatable bonds is 4. The lowest BCUT2D eigenvalue weighted by Crippen LogP contribution is -2.14. The molecule has 0 bridgehead atoms. The summed E-state index contributed by atoms with van der Waals surface area (Å²) in [5.41, 5.74) is 1.30. The van der Waals surface area contributed by atoms with Gasteiger partial charge in [0.25, 0.3) is 0 Å². The lowest BCUT2D eigenvalue weighted by Gasteiger charge is -2.07. The van der Waals surface area contributed by atoms with E-state index in [-0.39, 0.29) is 6.42 Å². The van der Waals surface area contributed by atoms with Crippen molar-refractivity contribution in [2.45, 2.75) is 12.8 Å². The molecular formula is C16H12F2N2O3. The summed E-state index contributed by atoms with van der Waals surface area (Å²) in [5.74, 6) is -2.70. The number of aryl methyl sites for hydroxylation is 1. The highest BCUT2D eigenvalue weighted by atomic mass is 19.1. The molecule has 5 nitrogen and oxygen atoms in total. The SMILES string of the molecule is O=C(CCc1ccc2oc(=O)[nH]c2c1)Nc1c(F)cccc1F. The first-order chi connectivity index (χ1) is 11.0. The van der Waals surface area contributed by atoms with E-state index >= 15 is 0 Å². The average Bonchev–Trinajstić information content (AvgIpc) is 2.88. The highest BCUT2D eigenvalue weighted by Gasteiger charge is 2.12. The first-order valence-corrected chi connectivity index (χ1v) is 6.88. The van der Waals surface area contributed by atoms with Crippen molar-refractivity contribution in [3.8, 4) is 0 Å². The van der Waals surface area contributed by atoms with Crippen LogP contribution in [0.15, 0.2) is 45.6 Å². The Hall–Kier alpha value is -2.96. The maximum Gasteiger partial charge on any atom is 0.417 e. The highest BCUT2D eigenvalue weighted by Crippen LogP contribution is 2.19. The number of halogens is 2. The van der Waals surface area contributed by atoms with Crippen molar-refractivity contribution in [1.82, 2.24) is 4.98 Å². The van der Waals surface area contributed by atoms with Crippen LogP contribution < -0.4 is 11.1 Å². The molecule has 2 aromatic carbocycles. The van der Waals surface area contributed by atoms with E-state index < -0.39 is 29.0 Å². The van der Waals surface area contributed by atoms with E-state index in [1.165, 1.54) is 6.07 Å². The molecule has 1 aromatic heterocycles. The fourth-order valence-corrected chi connectivity index (χ4v) is 2.23. The van der Waals surface area contributed by atoms with Gasteiger partial charge in [0.05, 0.1) is 5.52 Å². The smallest absolute Gasteiger partial charge is 0.408 e. The minimum absolute atomic E-state index is 0.0430. The zero-order chi connectivity index (χ0) is 16.4. The van der Waals surface area contributed by atoms with Gasteiger partial charge in [0.15, 0.2) is 5.58 Å². The fraction of sp³-hybridized carbons (Fsp3) is 0.125. The van der Waals surface area contributed by atoms with Crippen LogP contribution in [0.5, 0.6) is 0 Å². The van der Waals surface area contributed by atoms with Crippen LogP contribution >= 0.6 is 0 Å². The minimum Gasteiger partial charge on any atom is -0.408 e. The first-order valence-electron chi connectivity index (χ1n) is 6.88. The van der Waals surface area contributed by atoms with Gasteiger partial charge in [-0.3, -0.25) is 9.78 Å². The maximum atomic E-state index is 13.5. The van der Waals surface area contributed by atoms with Gasteiger partial charge in [-0.15, -0.1) is 0 Å². The van der Waals surface area contributed by atoms with Crippen LogP contribution in [0.1, 0.15) is 12.0 Å². The number of benzene rings is 2. The lowest BCUT2D eigenvalue weighted by molar-refractivity contribution is -0.116. The van der Waals surface area contributed by atoms with Gasteiger partial charge in [-0.1, -0.05) is 12.1 Å². The second kappa shape index (κ2) is 6.04. The molecule has 0 atom stereocenters. The number of aromatic nitrogens is 1. The van der Waals surface area contributed by atoms with Gasteiger partial charge < -0.3 is 9.73 Å². The summed E-state index contributed by atoms with van der Waals surface area (Å²) in [6.45, 7) is 0. The quantitative estimate of drug-likeness (QED) is 0.776. The van der Waals surface area contributed by atoms with Gasteiger partial charge in [-0.05, 0) is 36.2 Å². The van der Waals surface area contributed by atoms with Crippen LogP contribution in [0, 0.1) is 11.6 Å². The molecule has 0 radical (unpaired) electrons. The Kier molecular flexibility index (Phi) is 3.92. The zero-order valence-corrected chi connectivity index (χ0v) is 11.9. The molecule has 0 spiro atoms. The van der Waals surface area contributed by atoms with E-state index in [0.29, 0.717) is 17.5 Å². The molecule has 0 aliphatic carbocycles. The molecule has 2 N–H and O–H groups in total. The Bertz CT molecular complexity index is 910. The summed E-state index contributed by atoms with van der Waals surface area (Å²) >= 11 is 0. The molecule has 0 unspecified atom stereocenters. The van der Waals surface area contributed by atoms with Crippen LogP contribution in [0.2, 0.25) is 0 Å². The number of fused-ring (bicyclic) bond motifs is 1. The maximum absolute atomic E-state index is 13.5. The van der Waals surface area contributed by atoms with Crippen LogP contribution in [-0.4, -0.2) is 10.9 Å². The number of hydrogen-bond acceptors (Lipinski definition) is 3. The standard InChI is InChI=1S/C16H12F2N2O3/c17-10-2-1-3-11(18)15(10)20-14(21)7-5-9-4-6-13-12(8-9)19-16(22)23-13/h1-4,6,8H,5,7H2,(H,19,22)(H,20,21). The van der Waals surface area contributed by atoms with Gasteiger partial charge >= 0.3 is 5.76 Å². The zero-order valence-electron chi connectivity index (χ0n) is 11.9. The largest absolute Gasteiger partial charge is 0.417 e. The van der Waals surface area contributed by atoms with Gasteiger partial charge in [0, 0.05) is 6.42 Å². The van der Waals surface area contributed by atoms with E-state index in [0.717, 1.165) is 17.7 Å². The van der Waals surface area contributed by atoms with Gasteiger partial charge in [0.1, 0.15) is 17.3 Å². The fourth-order valence-electron chi connectivity index (χ4n) is 2.23. The summed E-state index contributed by atoms with van der Waals surface area (Å²) in [6.07, 6.45) is 0.395. The number of H-pyrrole nitrogens is 1. The minimum atomic E-state index is -0.823. The van der Waals surface area contributed by atoms with Crippen molar-refractivity contribution in [1.29, 1.82) is 0 Å². The number of hydrogen-bond donors (Lipinski definition) is 2. The van der Waals surface area contributed by atoms with Crippen molar-refractivity contribution in [2.24, 2.45) is 0 Å². The number of oxazole rings is 1. The third-order valence-electron chi connectivity index (χ3n) is 3.35.